The number of hydrogen-bond donors (Lipinski definition) is 2. The van der Waals surface area contributed by atoms with Gasteiger partial charge in [-0.25, -0.2) is 0 Å². The van der Waals surface area contributed by atoms with Gasteiger partial charge in [0.15, 0.2) is 0 Å². The summed E-state index contributed by atoms with van der Waals surface area (Å²) in [6, 6.07) is 9.20. The lowest BCUT2D eigenvalue weighted by atomic mass is 9.74. The van der Waals surface area contributed by atoms with E-state index in [0.29, 0.717) is 31.5 Å². The highest BCUT2D eigenvalue weighted by Crippen LogP contribution is 2.45. The van der Waals surface area contributed by atoms with Crippen molar-refractivity contribution in [1.29, 1.82) is 0 Å². The Morgan fingerprint density at radius 3 is 2.17 bits per heavy atom. The molecule has 3 nitrogen and oxygen atoms in total. The molecule has 0 bridgehead atoms. The van der Waals surface area contributed by atoms with Crippen LogP contribution in [0.25, 0.3) is 0 Å². The molecule has 3 rings (SSSR count). The number of hydrogen-bond acceptors (Lipinski definition) is 2. The second-order valence-electron chi connectivity index (χ2n) is 9.32. The van der Waals surface area contributed by atoms with E-state index in [1.807, 2.05) is 38.1 Å². The molecule has 2 N–H and O–H groups in total. The molecule has 0 spiro atoms. The normalized spacial score (nSPS) is 20.9. The van der Waals surface area contributed by atoms with Crippen LogP contribution in [-0.2, 0) is 30.2 Å². The van der Waals surface area contributed by atoms with Crippen LogP contribution in [0.15, 0.2) is 46.9 Å². The van der Waals surface area contributed by atoms with Crippen molar-refractivity contribution in [2.24, 2.45) is 11.3 Å². The molecule has 1 saturated carbocycles. The molecule has 1 fully saturated rings. The molecule has 1 amide bonds. The summed E-state index contributed by atoms with van der Waals surface area (Å²) in [4.78, 5) is 13.2. The van der Waals surface area contributed by atoms with E-state index < -0.39 is 35.4 Å². The van der Waals surface area contributed by atoms with E-state index in [2.05, 4.69) is 26.6 Å². The molecule has 192 valence electrons. The van der Waals surface area contributed by atoms with Gasteiger partial charge in [-0.15, -0.1) is 0 Å². The minimum Gasteiger partial charge on any atom is -0.352 e. The van der Waals surface area contributed by atoms with Gasteiger partial charge in [-0.05, 0) is 60.6 Å². The first-order chi connectivity index (χ1) is 16.2. The van der Waals surface area contributed by atoms with Crippen molar-refractivity contribution in [2.75, 3.05) is 0 Å². The summed E-state index contributed by atoms with van der Waals surface area (Å²) in [7, 11) is 0. The van der Waals surface area contributed by atoms with Crippen LogP contribution < -0.4 is 10.6 Å². The average Bonchev–Trinajstić information content (AvgIpc) is 3.21. The third kappa shape index (κ3) is 6.58. The maximum Gasteiger partial charge on any atom is 0.416 e. The summed E-state index contributed by atoms with van der Waals surface area (Å²) in [5.74, 6) is -0.423. The number of benzene rings is 2. The van der Waals surface area contributed by atoms with Crippen LogP contribution in [-0.4, -0.2) is 11.9 Å². The number of carbonyl (C=O) groups excluding carboxylic acids is 1. The second-order valence-corrected chi connectivity index (χ2v) is 10.2. The predicted octanol–water partition coefficient (Wildman–Crippen LogP) is 7.09. The van der Waals surface area contributed by atoms with Crippen LogP contribution in [0.4, 0.5) is 26.3 Å². The Kier molecular flexibility index (Phi) is 8.26. The fraction of sp³-hybridized carbons (Fsp3) is 0.480. The number of nitrogens with one attached hydrogen (secondary N) is 2. The highest BCUT2D eigenvalue weighted by Gasteiger charge is 2.47. The van der Waals surface area contributed by atoms with Crippen LogP contribution >= 0.6 is 15.9 Å². The van der Waals surface area contributed by atoms with E-state index in [4.69, 9.17) is 0 Å². The van der Waals surface area contributed by atoms with Crippen molar-refractivity contribution in [3.63, 3.8) is 0 Å². The van der Waals surface area contributed by atoms with Crippen molar-refractivity contribution in [1.82, 2.24) is 10.6 Å². The summed E-state index contributed by atoms with van der Waals surface area (Å²) in [5, 5.41) is 6.08. The molecular formula is C25H27BrF6N2O. The summed E-state index contributed by atoms with van der Waals surface area (Å²) in [5.41, 5.74) is -2.73. The Balaban J connectivity index is 1.71. The van der Waals surface area contributed by atoms with Gasteiger partial charge in [0.2, 0.25) is 5.91 Å². The fourth-order valence-corrected chi connectivity index (χ4v) is 5.04. The van der Waals surface area contributed by atoms with Crippen LogP contribution in [0, 0.1) is 11.3 Å². The molecule has 0 aliphatic heterocycles. The smallest absolute Gasteiger partial charge is 0.352 e. The largest absolute Gasteiger partial charge is 0.416 e. The highest BCUT2D eigenvalue weighted by molar-refractivity contribution is 9.10. The molecule has 1 aliphatic carbocycles. The minimum absolute atomic E-state index is 0.0562. The standard InChI is InChI=1S/C25H27BrF6N2O/c1-15(2)23(8-7-20(12-23)33-14-17-5-3-4-6-21(17)26)22(35)34-13-16-9-18(24(27,28)29)11-19(10-16)25(30,31)32/h3-6,9-11,15,20,33H,7-8,12-14H2,1-2H3,(H,34,35)/t20-,23+/m1/s1. The van der Waals surface area contributed by atoms with E-state index in [0.717, 1.165) is 16.5 Å². The zero-order chi connectivity index (χ0) is 26.0. The van der Waals surface area contributed by atoms with Crippen molar-refractivity contribution < 1.29 is 31.1 Å². The Morgan fingerprint density at radius 2 is 1.63 bits per heavy atom. The Hall–Kier alpha value is -2.07. The summed E-state index contributed by atoms with van der Waals surface area (Å²) < 4.78 is 79.8. The van der Waals surface area contributed by atoms with Gasteiger partial charge < -0.3 is 10.6 Å². The van der Waals surface area contributed by atoms with Gasteiger partial charge in [-0.1, -0.05) is 48.0 Å². The Labute approximate surface area is 208 Å². The van der Waals surface area contributed by atoms with Gasteiger partial charge in [0.1, 0.15) is 0 Å². The molecule has 0 radical (unpaired) electrons. The number of alkyl halides is 6. The Morgan fingerprint density at radius 1 is 1.03 bits per heavy atom. The predicted molar refractivity (Wildman–Crippen MR) is 124 cm³/mol. The zero-order valence-electron chi connectivity index (χ0n) is 19.3. The first kappa shape index (κ1) is 27.5. The SMILES string of the molecule is CC(C)[C@]1(C(=O)NCc2cc(C(F)(F)F)cc(C(F)(F)F)c2)CC[C@@H](NCc2ccccc2Br)C1. The number of rotatable bonds is 7. The monoisotopic (exact) mass is 564 g/mol. The second kappa shape index (κ2) is 10.5. The molecule has 2 aromatic carbocycles. The van der Waals surface area contributed by atoms with Gasteiger partial charge in [0.25, 0.3) is 0 Å². The third-order valence-electron chi connectivity index (χ3n) is 6.75. The maximum atomic E-state index is 13.2. The third-order valence-corrected chi connectivity index (χ3v) is 7.52. The van der Waals surface area contributed by atoms with Gasteiger partial charge >= 0.3 is 12.4 Å². The zero-order valence-corrected chi connectivity index (χ0v) is 20.9. The molecule has 2 aromatic rings. The van der Waals surface area contributed by atoms with E-state index in [-0.39, 0.29) is 29.5 Å². The molecule has 0 aromatic heterocycles. The van der Waals surface area contributed by atoms with Gasteiger partial charge in [-0.2, -0.15) is 26.3 Å². The summed E-state index contributed by atoms with van der Waals surface area (Å²) in [6.45, 7) is 3.99. The van der Waals surface area contributed by atoms with Crippen molar-refractivity contribution in [2.45, 2.75) is 64.6 Å². The molecular weight excluding hydrogens is 538 g/mol. The quantitative estimate of drug-likeness (QED) is 0.352. The van der Waals surface area contributed by atoms with Crippen LogP contribution in [0.3, 0.4) is 0 Å². The van der Waals surface area contributed by atoms with E-state index in [1.165, 1.54) is 0 Å². The molecule has 0 unspecified atom stereocenters. The van der Waals surface area contributed by atoms with Crippen LogP contribution in [0.1, 0.15) is 55.4 Å². The highest BCUT2D eigenvalue weighted by atomic mass is 79.9. The van der Waals surface area contributed by atoms with E-state index in [9.17, 15) is 31.1 Å². The molecule has 0 heterocycles. The van der Waals surface area contributed by atoms with Crippen molar-refractivity contribution in [3.05, 3.63) is 69.2 Å². The van der Waals surface area contributed by atoms with E-state index in [1.54, 1.807) is 0 Å². The van der Waals surface area contributed by atoms with Crippen molar-refractivity contribution >= 4 is 21.8 Å². The number of carbonyl (C=O) groups is 1. The molecule has 2 atom stereocenters. The van der Waals surface area contributed by atoms with E-state index >= 15 is 0 Å². The lowest BCUT2D eigenvalue weighted by Crippen LogP contribution is -2.43. The van der Waals surface area contributed by atoms with Crippen molar-refractivity contribution in [3.8, 4) is 0 Å². The van der Waals surface area contributed by atoms with Crippen LogP contribution in [0.2, 0.25) is 0 Å². The summed E-state index contributed by atoms with van der Waals surface area (Å²) >= 11 is 3.51. The molecule has 10 heteroatoms. The molecule has 1 aliphatic rings. The first-order valence-corrected chi connectivity index (χ1v) is 12.0. The Bertz CT molecular complexity index is 1020. The lowest BCUT2D eigenvalue weighted by molar-refractivity contribution is -0.143. The topological polar surface area (TPSA) is 41.1 Å². The van der Waals surface area contributed by atoms with Gasteiger partial charge in [0, 0.05) is 23.6 Å². The van der Waals surface area contributed by atoms with Crippen LogP contribution in [0.5, 0.6) is 0 Å². The number of halogens is 7. The average molecular weight is 565 g/mol. The molecule has 0 saturated heterocycles. The summed E-state index contributed by atoms with van der Waals surface area (Å²) in [6.07, 6.45) is -8.04. The maximum absolute atomic E-state index is 13.2. The fourth-order valence-electron chi connectivity index (χ4n) is 4.62. The lowest BCUT2D eigenvalue weighted by Gasteiger charge is -2.32. The first-order valence-electron chi connectivity index (χ1n) is 11.3. The van der Waals surface area contributed by atoms with Gasteiger partial charge in [0.05, 0.1) is 16.5 Å². The minimum atomic E-state index is -4.93. The molecule has 35 heavy (non-hydrogen) atoms. The number of amides is 1. The van der Waals surface area contributed by atoms with Gasteiger partial charge in [-0.3, -0.25) is 4.79 Å².